The maximum absolute atomic E-state index is 12.7. The summed E-state index contributed by atoms with van der Waals surface area (Å²) < 4.78 is 44.5. The van der Waals surface area contributed by atoms with Gasteiger partial charge in [-0.2, -0.15) is 18.3 Å². The number of nitrogens with zero attached hydrogens (tertiary/aromatic N) is 2. The molecule has 2 aromatic carbocycles. The highest BCUT2D eigenvalue weighted by Crippen LogP contribution is 2.31. The topological polar surface area (TPSA) is 73.2 Å². The van der Waals surface area contributed by atoms with Gasteiger partial charge in [0.25, 0.3) is 5.56 Å². The lowest BCUT2D eigenvalue weighted by Crippen LogP contribution is -2.35. The number of aromatic nitrogens is 2. The van der Waals surface area contributed by atoms with Gasteiger partial charge in [-0.1, -0.05) is 23.8 Å². The van der Waals surface area contributed by atoms with Gasteiger partial charge < -0.3 is 10.1 Å². The lowest BCUT2D eigenvalue weighted by atomic mass is 10.0. The largest absolute Gasteiger partial charge is 0.492 e. The summed E-state index contributed by atoms with van der Waals surface area (Å²) in [5.41, 5.74) is 2.25. The number of hydrogen-bond acceptors (Lipinski definition) is 4. The van der Waals surface area contributed by atoms with Crippen LogP contribution < -0.4 is 15.6 Å². The quantitative estimate of drug-likeness (QED) is 0.563. The standard InChI is InChI=1S/C23H22F3N3O3/c1-15-6-7-16(2)19(12-15)20-8-9-22(31)29(28-20)14-21(30)27-10-11-32-18-5-3-4-17(13-18)23(24,25)26/h3-9,12-13H,10-11,14H2,1-2H3,(H,27,30). The van der Waals surface area contributed by atoms with E-state index in [0.29, 0.717) is 5.69 Å². The Kier molecular flexibility index (Phi) is 6.97. The molecule has 0 spiro atoms. The van der Waals surface area contributed by atoms with Crippen molar-refractivity contribution in [3.05, 3.63) is 81.6 Å². The van der Waals surface area contributed by atoms with Crippen LogP contribution in [-0.4, -0.2) is 28.8 Å². The Morgan fingerprint density at radius 3 is 2.62 bits per heavy atom. The van der Waals surface area contributed by atoms with E-state index in [1.54, 1.807) is 6.07 Å². The number of alkyl halides is 3. The molecule has 0 aliphatic heterocycles. The minimum Gasteiger partial charge on any atom is -0.492 e. The second-order valence-electron chi connectivity index (χ2n) is 7.26. The molecule has 0 aliphatic carbocycles. The van der Waals surface area contributed by atoms with Crippen molar-refractivity contribution in [1.29, 1.82) is 0 Å². The van der Waals surface area contributed by atoms with Crippen molar-refractivity contribution in [1.82, 2.24) is 15.1 Å². The second-order valence-corrected chi connectivity index (χ2v) is 7.26. The molecule has 1 aromatic heterocycles. The maximum atomic E-state index is 12.7. The van der Waals surface area contributed by atoms with Crippen LogP contribution in [0.1, 0.15) is 16.7 Å². The van der Waals surface area contributed by atoms with Gasteiger partial charge in [0.15, 0.2) is 0 Å². The van der Waals surface area contributed by atoms with Crippen LogP contribution in [0.5, 0.6) is 5.75 Å². The van der Waals surface area contributed by atoms with E-state index in [0.717, 1.165) is 33.5 Å². The van der Waals surface area contributed by atoms with Crippen LogP contribution >= 0.6 is 0 Å². The van der Waals surface area contributed by atoms with Gasteiger partial charge in [-0.25, -0.2) is 4.68 Å². The zero-order chi connectivity index (χ0) is 23.3. The van der Waals surface area contributed by atoms with E-state index in [1.165, 1.54) is 18.2 Å². The number of hydrogen-bond donors (Lipinski definition) is 1. The van der Waals surface area contributed by atoms with E-state index in [4.69, 9.17) is 4.74 Å². The zero-order valence-electron chi connectivity index (χ0n) is 17.6. The molecule has 1 N–H and O–H groups in total. The molecular weight excluding hydrogens is 423 g/mol. The summed E-state index contributed by atoms with van der Waals surface area (Å²) >= 11 is 0. The van der Waals surface area contributed by atoms with Crippen LogP contribution in [0.3, 0.4) is 0 Å². The number of benzene rings is 2. The molecule has 3 aromatic rings. The van der Waals surface area contributed by atoms with E-state index in [2.05, 4.69) is 10.4 Å². The van der Waals surface area contributed by atoms with Gasteiger partial charge in [-0.3, -0.25) is 9.59 Å². The molecular formula is C23H22F3N3O3. The van der Waals surface area contributed by atoms with Crippen LogP contribution in [-0.2, 0) is 17.5 Å². The SMILES string of the molecule is Cc1ccc(C)c(-c2ccc(=O)n(CC(=O)NCCOc3cccc(C(F)(F)F)c3)n2)c1. The third-order valence-corrected chi connectivity index (χ3v) is 4.68. The van der Waals surface area contributed by atoms with Crippen LogP contribution in [0.15, 0.2) is 59.4 Å². The number of carbonyl (C=O) groups is 1. The number of amides is 1. The Hall–Kier alpha value is -3.62. The highest BCUT2D eigenvalue weighted by Gasteiger charge is 2.30. The molecule has 0 saturated carbocycles. The number of rotatable bonds is 7. The molecule has 1 amide bonds. The van der Waals surface area contributed by atoms with Gasteiger partial charge in [0.05, 0.1) is 17.8 Å². The van der Waals surface area contributed by atoms with Crippen molar-refractivity contribution in [3.63, 3.8) is 0 Å². The van der Waals surface area contributed by atoms with Crippen molar-refractivity contribution in [3.8, 4) is 17.0 Å². The number of aryl methyl sites for hydroxylation is 2. The van der Waals surface area contributed by atoms with Crippen LogP contribution in [0, 0.1) is 13.8 Å². The first-order valence-corrected chi connectivity index (χ1v) is 9.86. The molecule has 9 heteroatoms. The Morgan fingerprint density at radius 1 is 1.09 bits per heavy atom. The predicted octanol–water partition coefficient (Wildman–Crippen LogP) is 3.74. The fourth-order valence-electron chi connectivity index (χ4n) is 3.03. The average Bonchev–Trinajstić information content (AvgIpc) is 2.74. The van der Waals surface area contributed by atoms with Gasteiger partial charge in [-0.05, 0) is 49.7 Å². The highest BCUT2D eigenvalue weighted by molar-refractivity contribution is 5.75. The Morgan fingerprint density at radius 2 is 1.88 bits per heavy atom. The zero-order valence-corrected chi connectivity index (χ0v) is 17.6. The maximum Gasteiger partial charge on any atom is 0.416 e. The smallest absolute Gasteiger partial charge is 0.416 e. The number of halogens is 3. The Balaban J connectivity index is 1.57. The molecule has 0 saturated heterocycles. The van der Waals surface area contributed by atoms with Gasteiger partial charge in [0.1, 0.15) is 18.9 Å². The third kappa shape index (κ3) is 5.96. The Labute approximate surface area is 182 Å². The summed E-state index contributed by atoms with van der Waals surface area (Å²) in [6, 6.07) is 13.3. The molecule has 168 valence electrons. The van der Waals surface area contributed by atoms with E-state index in [-0.39, 0.29) is 25.4 Å². The number of nitrogens with one attached hydrogen (secondary N) is 1. The number of carbonyl (C=O) groups excluding carboxylic acids is 1. The molecule has 0 aliphatic rings. The normalized spacial score (nSPS) is 11.3. The van der Waals surface area contributed by atoms with Gasteiger partial charge in [0.2, 0.25) is 5.91 Å². The first kappa shape index (κ1) is 23.1. The minimum absolute atomic E-state index is 0.0299. The first-order chi connectivity index (χ1) is 15.1. The first-order valence-electron chi connectivity index (χ1n) is 9.86. The summed E-state index contributed by atoms with van der Waals surface area (Å²) in [6.07, 6.45) is -4.46. The summed E-state index contributed by atoms with van der Waals surface area (Å²) in [6.45, 7) is 3.62. The van der Waals surface area contributed by atoms with E-state index in [9.17, 15) is 22.8 Å². The second kappa shape index (κ2) is 9.67. The summed E-state index contributed by atoms with van der Waals surface area (Å²) in [4.78, 5) is 24.3. The van der Waals surface area contributed by atoms with Crippen molar-refractivity contribution in [2.45, 2.75) is 26.6 Å². The van der Waals surface area contributed by atoms with Gasteiger partial charge >= 0.3 is 6.18 Å². The van der Waals surface area contributed by atoms with Gasteiger partial charge in [-0.15, -0.1) is 0 Å². The lowest BCUT2D eigenvalue weighted by molar-refractivity contribution is -0.137. The van der Waals surface area contributed by atoms with Crippen LogP contribution in [0.25, 0.3) is 11.3 Å². The summed E-state index contributed by atoms with van der Waals surface area (Å²) in [7, 11) is 0. The van der Waals surface area contributed by atoms with E-state index < -0.39 is 23.2 Å². The molecule has 3 rings (SSSR count). The molecule has 1 heterocycles. The summed E-state index contributed by atoms with van der Waals surface area (Å²) in [5, 5.41) is 6.87. The molecule has 0 radical (unpaired) electrons. The predicted molar refractivity (Wildman–Crippen MR) is 113 cm³/mol. The van der Waals surface area contributed by atoms with Crippen molar-refractivity contribution >= 4 is 5.91 Å². The molecule has 0 bridgehead atoms. The van der Waals surface area contributed by atoms with Crippen LogP contribution in [0.4, 0.5) is 13.2 Å². The molecule has 6 nitrogen and oxygen atoms in total. The van der Waals surface area contributed by atoms with Crippen molar-refractivity contribution in [2.24, 2.45) is 0 Å². The van der Waals surface area contributed by atoms with Crippen LogP contribution in [0.2, 0.25) is 0 Å². The molecule has 0 unspecified atom stereocenters. The van der Waals surface area contributed by atoms with E-state index in [1.807, 2.05) is 32.0 Å². The van der Waals surface area contributed by atoms with Crippen molar-refractivity contribution < 1.29 is 22.7 Å². The average molecular weight is 445 g/mol. The van der Waals surface area contributed by atoms with Crippen molar-refractivity contribution in [2.75, 3.05) is 13.2 Å². The highest BCUT2D eigenvalue weighted by atomic mass is 19.4. The van der Waals surface area contributed by atoms with Gasteiger partial charge in [0, 0.05) is 11.6 Å². The fraction of sp³-hybridized carbons (Fsp3) is 0.261. The lowest BCUT2D eigenvalue weighted by Gasteiger charge is -2.12. The number of ether oxygens (including phenoxy) is 1. The fourth-order valence-corrected chi connectivity index (χ4v) is 3.03. The minimum atomic E-state index is -4.46. The molecule has 0 atom stereocenters. The molecule has 0 fully saturated rings. The Bertz CT molecular complexity index is 1170. The third-order valence-electron chi connectivity index (χ3n) is 4.68. The summed E-state index contributed by atoms with van der Waals surface area (Å²) in [5.74, 6) is -0.418. The van der Waals surface area contributed by atoms with E-state index >= 15 is 0 Å². The molecule has 32 heavy (non-hydrogen) atoms. The monoisotopic (exact) mass is 445 g/mol.